The Labute approximate surface area is 249 Å². The first-order valence-electron chi connectivity index (χ1n) is 14.0. The third-order valence-corrected chi connectivity index (χ3v) is 8.13. The highest BCUT2D eigenvalue weighted by Crippen LogP contribution is 2.31. The number of hydrogen-bond donors (Lipinski definition) is 13. The normalized spacial score (nSPS) is 53.9. The highest BCUT2D eigenvalue weighted by Gasteiger charge is 2.52. The van der Waals surface area contributed by atoms with Crippen molar-refractivity contribution in [2.75, 3.05) is 19.8 Å². The van der Waals surface area contributed by atoms with Gasteiger partial charge in [-0.05, 0) is 6.92 Å². The summed E-state index contributed by atoms with van der Waals surface area (Å²) >= 11 is 0. The summed E-state index contributed by atoms with van der Waals surface area (Å²) in [6.07, 6.45) is -33.5. The largest absolute Gasteiger partial charge is 0.394 e. The molecule has 44 heavy (non-hydrogen) atoms. The third-order valence-electron chi connectivity index (χ3n) is 8.13. The number of rotatable bonds is 9. The van der Waals surface area contributed by atoms with Crippen LogP contribution in [0, 0.1) is 0 Å². The predicted molar refractivity (Wildman–Crippen MR) is 132 cm³/mol. The number of hydrogen-bond acceptors (Lipinski definition) is 20. The van der Waals surface area contributed by atoms with Crippen LogP contribution in [0.15, 0.2) is 0 Å². The van der Waals surface area contributed by atoms with E-state index < -0.39 is 143 Å². The van der Waals surface area contributed by atoms with Gasteiger partial charge in [0.15, 0.2) is 25.2 Å². The van der Waals surface area contributed by atoms with Gasteiger partial charge in [-0.15, -0.1) is 0 Å². The molecule has 4 saturated heterocycles. The van der Waals surface area contributed by atoms with Gasteiger partial charge in [-0.25, -0.2) is 0 Å². The second-order valence-electron chi connectivity index (χ2n) is 11.2. The lowest BCUT2D eigenvalue weighted by molar-refractivity contribution is -0.368. The molecule has 0 aromatic rings. The molecule has 0 spiro atoms. The SMILES string of the molecule is C[C@@H]1O[C@@H](O[C@H]2[C@@H](O)[C@@H](CO[C@@H]3O[C@H](CO)[C@H](O)[C@H](O)[C@H]3O)O[C@@H](OC[C@H]3OC(O)[C@H](O)[C@@H](O)[C@H]3O)[C@@H]2O)[C@@H](O)[C@H](O)[C@@H]1O. The van der Waals surface area contributed by atoms with Gasteiger partial charge in [0.1, 0.15) is 91.6 Å². The van der Waals surface area contributed by atoms with Crippen molar-refractivity contribution in [2.45, 2.75) is 130 Å². The van der Waals surface area contributed by atoms with Crippen LogP contribution >= 0.6 is 0 Å². The van der Waals surface area contributed by atoms with Crippen LogP contribution in [0.5, 0.6) is 0 Å². The number of aliphatic hydroxyl groups excluding tert-OH is 13. The molecule has 4 aliphatic rings. The van der Waals surface area contributed by atoms with Crippen molar-refractivity contribution in [1.29, 1.82) is 0 Å². The molecule has 0 amide bonds. The molecule has 20 nitrogen and oxygen atoms in total. The van der Waals surface area contributed by atoms with Gasteiger partial charge in [-0.2, -0.15) is 0 Å². The Kier molecular flexibility index (Phi) is 12.3. The van der Waals surface area contributed by atoms with Crippen molar-refractivity contribution in [3.8, 4) is 0 Å². The summed E-state index contributed by atoms with van der Waals surface area (Å²) in [5, 5.41) is 132. The molecule has 0 aromatic carbocycles. The second-order valence-corrected chi connectivity index (χ2v) is 11.2. The average Bonchev–Trinajstić information content (AvgIpc) is 3.00. The lowest BCUT2D eigenvalue weighted by Crippen LogP contribution is -2.65. The Morgan fingerprint density at radius 2 is 0.932 bits per heavy atom. The fraction of sp³-hybridized carbons (Fsp3) is 1.00. The Balaban J connectivity index is 1.49. The average molecular weight is 651 g/mol. The predicted octanol–water partition coefficient (Wildman–Crippen LogP) is -8.72. The van der Waals surface area contributed by atoms with E-state index in [4.69, 9.17) is 33.2 Å². The summed E-state index contributed by atoms with van der Waals surface area (Å²) in [7, 11) is 0. The van der Waals surface area contributed by atoms with Crippen LogP contribution in [0.25, 0.3) is 0 Å². The van der Waals surface area contributed by atoms with E-state index in [1.54, 1.807) is 0 Å². The molecule has 20 heteroatoms. The van der Waals surface area contributed by atoms with E-state index in [0.717, 1.165) is 0 Å². The van der Waals surface area contributed by atoms with Gasteiger partial charge in [0.05, 0.1) is 25.9 Å². The van der Waals surface area contributed by atoms with Crippen molar-refractivity contribution in [3.63, 3.8) is 0 Å². The van der Waals surface area contributed by atoms with Crippen LogP contribution in [0.3, 0.4) is 0 Å². The molecule has 4 aliphatic heterocycles. The molecule has 4 heterocycles. The highest BCUT2D eigenvalue weighted by molar-refractivity contribution is 4.95. The topological polar surface area (TPSA) is 328 Å². The van der Waals surface area contributed by atoms with Crippen molar-refractivity contribution in [2.24, 2.45) is 0 Å². The third kappa shape index (κ3) is 7.35. The summed E-state index contributed by atoms with van der Waals surface area (Å²) in [5.41, 5.74) is 0. The molecule has 0 saturated carbocycles. The quantitative estimate of drug-likeness (QED) is 0.110. The van der Waals surface area contributed by atoms with Gasteiger partial charge in [0.2, 0.25) is 0 Å². The summed E-state index contributed by atoms with van der Waals surface area (Å²) in [4.78, 5) is 0. The fourth-order valence-electron chi connectivity index (χ4n) is 5.27. The lowest BCUT2D eigenvalue weighted by atomic mass is 9.96. The van der Waals surface area contributed by atoms with Crippen molar-refractivity contribution in [3.05, 3.63) is 0 Å². The van der Waals surface area contributed by atoms with E-state index in [1.807, 2.05) is 0 Å². The minimum atomic E-state index is -1.90. The zero-order chi connectivity index (χ0) is 32.6. The van der Waals surface area contributed by atoms with Gasteiger partial charge in [-0.1, -0.05) is 0 Å². The van der Waals surface area contributed by atoms with Crippen molar-refractivity contribution >= 4 is 0 Å². The molecule has 13 N–H and O–H groups in total. The van der Waals surface area contributed by atoms with Gasteiger partial charge < -0.3 is 99.5 Å². The zero-order valence-electron chi connectivity index (χ0n) is 23.3. The zero-order valence-corrected chi connectivity index (χ0v) is 23.3. The minimum absolute atomic E-state index is 0.669. The van der Waals surface area contributed by atoms with Crippen molar-refractivity contribution in [1.82, 2.24) is 0 Å². The van der Waals surface area contributed by atoms with Gasteiger partial charge >= 0.3 is 0 Å². The fourth-order valence-corrected chi connectivity index (χ4v) is 5.27. The van der Waals surface area contributed by atoms with Crippen LogP contribution in [0.1, 0.15) is 6.92 Å². The first-order valence-corrected chi connectivity index (χ1v) is 14.0. The lowest BCUT2D eigenvalue weighted by Gasteiger charge is -2.46. The van der Waals surface area contributed by atoms with Crippen LogP contribution in [-0.4, -0.2) is 209 Å². The molecule has 20 atom stereocenters. The molecular formula is C24H42O20. The Bertz CT molecular complexity index is 900. The standard InChI is InChI=1S/C24H42O20/c1-5-9(26)13(30)18(35)24(40-5)44-20-12(29)8(4-38-22-17(34)15(32)10(27)6(2-25)42-22)43-23(19(20)36)39-3-7-11(28)14(31)16(33)21(37)41-7/h5-37H,2-4H2,1H3/t5-,6+,7+,8+,9+,10-,11-,12-,13+,14-,15-,16+,17+,18-,19+,20-,21?,22+,23+,24-/m0/s1. The molecule has 4 fully saturated rings. The van der Waals surface area contributed by atoms with E-state index in [9.17, 15) is 66.4 Å². The molecule has 0 aliphatic carbocycles. The van der Waals surface area contributed by atoms with E-state index in [2.05, 4.69) is 0 Å². The summed E-state index contributed by atoms with van der Waals surface area (Å²) in [5.74, 6) is 0. The van der Waals surface area contributed by atoms with E-state index in [-0.39, 0.29) is 0 Å². The molecule has 0 bridgehead atoms. The van der Waals surface area contributed by atoms with E-state index in [0.29, 0.717) is 0 Å². The highest BCUT2D eigenvalue weighted by atomic mass is 16.8. The monoisotopic (exact) mass is 650 g/mol. The smallest absolute Gasteiger partial charge is 0.187 e. The molecule has 1 unspecified atom stereocenters. The van der Waals surface area contributed by atoms with E-state index in [1.165, 1.54) is 6.92 Å². The van der Waals surface area contributed by atoms with Crippen LogP contribution in [-0.2, 0) is 33.2 Å². The van der Waals surface area contributed by atoms with E-state index >= 15 is 0 Å². The number of ether oxygens (including phenoxy) is 7. The van der Waals surface area contributed by atoms with Gasteiger partial charge in [0, 0.05) is 0 Å². The maximum atomic E-state index is 11.1. The Hall–Kier alpha value is -0.800. The maximum Gasteiger partial charge on any atom is 0.187 e. The summed E-state index contributed by atoms with van der Waals surface area (Å²) in [6, 6.07) is 0. The summed E-state index contributed by atoms with van der Waals surface area (Å²) in [6.45, 7) is -0.722. The van der Waals surface area contributed by atoms with Crippen LogP contribution in [0.4, 0.5) is 0 Å². The molecule has 4 rings (SSSR count). The van der Waals surface area contributed by atoms with Crippen molar-refractivity contribution < 1.29 is 99.5 Å². The second kappa shape index (κ2) is 15.0. The molecule has 258 valence electrons. The first kappa shape index (κ1) is 36.0. The van der Waals surface area contributed by atoms with Crippen LogP contribution in [0.2, 0.25) is 0 Å². The molecule has 0 aromatic heterocycles. The maximum absolute atomic E-state index is 11.1. The first-order chi connectivity index (χ1) is 20.7. The van der Waals surface area contributed by atoms with Gasteiger partial charge in [0.25, 0.3) is 0 Å². The Morgan fingerprint density at radius 1 is 0.455 bits per heavy atom. The number of aliphatic hydroxyl groups is 13. The molecule has 0 radical (unpaired) electrons. The molecular weight excluding hydrogens is 608 g/mol. The Morgan fingerprint density at radius 3 is 1.55 bits per heavy atom. The summed E-state index contributed by atoms with van der Waals surface area (Å²) < 4.78 is 37.9. The van der Waals surface area contributed by atoms with Crippen LogP contribution < -0.4 is 0 Å². The van der Waals surface area contributed by atoms with Gasteiger partial charge in [-0.3, -0.25) is 0 Å². The minimum Gasteiger partial charge on any atom is -0.394 e.